The molecule has 0 saturated heterocycles. The maximum atomic E-state index is 14.7. The molecule has 1 fully saturated rings. The standard InChI is InChI=1S/C29H29F5O.CH4/c1-2-19-3-5-20(6-4-19)7-8-21-9-11-22(12-10-21)25-17-18-26(30)27(31)28(25)35-24-15-13-23(14-16-24)29(32,33)34;/h9-20H,2-8H2,1H3;1H4. The maximum absolute atomic E-state index is 14.7. The van der Waals surface area contributed by atoms with Gasteiger partial charge in [0.15, 0.2) is 11.6 Å². The van der Waals surface area contributed by atoms with Crippen LogP contribution >= 0.6 is 0 Å². The smallest absolute Gasteiger partial charge is 0.416 e. The summed E-state index contributed by atoms with van der Waals surface area (Å²) in [6.45, 7) is 2.26. The van der Waals surface area contributed by atoms with Gasteiger partial charge in [0.05, 0.1) is 5.56 Å². The van der Waals surface area contributed by atoms with Crippen LogP contribution in [-0.2, 0) is 12.6 Å². The minimum absolute atomic E-state index is 0. The largest absolute Gasteiger partial charge is 0.454 e. The molecule has 3 aromatic carbocycles. The first-order valence-corrected chi connectivity index (χ1v) is 12.2. The van der Waals surface area contributed by atoms with Crippen LogP contribution in [0.3, 0.4) is 0 Å². The van der Waals surface area contributed by atoms with Crippen molar-refractivity contribution in [2.75, 3.05) is 0 Å². The molecular formula is C30H33F5O. The first-order chi connectivity index (χ1) is 16.7. The van der Waals surface area contributed by atoms with Crippen LogP contribution in [0.15, 0.2) is 60.7 Å². The summed E-state index contributed by atoms with van der Waals surface area (Å²) >= 11 is 0. The Bertz CT molecular complexity index is 1110. The Hall–Kier alpha value is -2.89. The van der Waals surface area contributed by atoms with E-state index in [1.54, 1.807) is 0 Å². The molecule has 194 valence electrons. The highest BCUT2D eigenvalue weighted by Gasteiger charge is 2.30. The molecule has 0 radical (unpaired) electrons. The lowest BCUT2D eigenvalue weighted by atomic mass is 9.78. The van der Waals surface area contributed by atoms with Crippen molar-refractivity contribution >= 4 is 0 Å². The normalized spacial score (nSPS) is 17.9. The highest BCUT2D eigenvalue weighted by Crippen LogP contribution is 2.38. The molecule has 0 heterocycles. The summed E-state index contributed by atoms with van der Waals surface area (Å²) < 4.78 is 72.7. The monoisotopic (exact) mass is 504 g/mol. The summed E-state index contributed by atoms with van der Waals surface area (Å²) in [6, 6.07) is 14.0. The topological polar surface area (TPSA) is 9.23 Å². The molecular weight excluding hydrogens is 471 g/mol. The van der Waals surface area contributed by atoms with Crippen LogP contribution in [0.5, 0.6) is 11.5 Å². The molecule has 1 aliphatic rings. The lowest BCUT2D eigenvalue weighted by Crippen LogP contribution is -2.14. The highest BCUT2D eigenvalue weighted by molar-refractivity contribution is 5.71. The van der Waals surface area contributed by atoms with E-state index in [2.05, 4.69) is 6.92 Å². The van der Waals surface area contributed by atoms with Crippen molar-refractivity contribution < 1.29 is 26.7 Å². The second-order valence-electron chi connectivity index (χ2n) is 9.39. The zero-order chi connectivity index (χ0) is 25.0. The minimum Gasteiger partial charge on any atom is -0.454 e. The van der Waals surface area contributed by atoms with Crippen LogP contribution in [0, 0.1) is 23.5 Å². The van der Waals surface area contributed by atoms with Crippen molar-refractivity contribution in [3.05, 3.63) is 83.4 Å². The van der Waals surface area contributed by atoms with Crippen molar-refractivity contribution in [1.82, 2.24) is 0 Å². The molecule has 0 spiro atoms. The third-order valence-corrected chi connectivity index (χ3v) is 7.10. The van der Waals surface area contributed by atoms with E-state index in [1.165, 1.54) is 43.7 Å². The Morgan fingerprint density at radius 1 is 0.806 bits per heavy atom. The Balaban J connectivity index is 0.00000361. The highest BCUT2D eigenvalue weighted by atomic mass is 19.4. The van der Waals surface area contributed by atoms with Gasteiger partial charge in [0.2, 0.25) is 5.82 Å². The van der Waals surface area contributed by atoms with Crippen LogP contribution in [0.25, 0.3) is 11.1 Å². The molecule has 3 aromatic rings. The molecule has 0 aromatic heterocycles. The number of rotatable bonds is 7. The Kier molecular flexibility index (Phi) is 9.15. The molecule has 0 unspecified atom stereocenters. The molecule has 0 bridgehead atoms. The average molecular weight is 505 g/mol. The van der Waals surface area contributed by atoms with E-state index < -0.39 is 23.4 Å². The molecule has 4 rings (SSSR count). The summed E-state index contributed by atoms with van der Waals surface area (Å²) in [5.41, 5.74) is 1.30. The van der Waals surface area contributed by atoms with Crippen molar-refractivity contribution in [2.24, 2.45) is 11.8 Å². The quantitative estimate of drug-likeness (QED) is 0.291. The first-order valence-electron chi connectivity index (χ1n) is 12.2. The summed E-state index contributed by atoms with van der Waals surface area (Å²) in [6.07, 6.45) is 4.09. The number of hydrogen-bond donors (Lipinski definition) is 0. The van der Waals surface area contributed by atoms with Gasteiger partial charge in [-0.15, -0.1) is 0 Å². The molecule has 1 aliphatic carbocycles. The summed E-state index contributed by atoms with van der Waals surface area (Å²) in [5, 5.41) is 0. The van der Waals surface area contributed by atoms with E-state index in [0.717, 1.165) is 55.0 Å². The zero-order valence-corrected chi connectivity index (χ0v) is 19.7. The Morgan fingerprint density at radius 2 is 1.42 bits per heavy atom. The number of aryl methyl sites for hydroxylation is 1. The molecule has 0 aliphatic heterocycles. The summed E-state index contributed by atoms with van der Waals surface area (Å²) in [4.78, 5) is 0. The minimum atomic E-state index is -4.50. The van der Waals surface area contributed by atoms with Gasteiger partial charge in [-0.1, -0.05) is 70.7 Å². The zero-order valence-electron chi connectivity index (χ0n) is 19.7. The van der Waals surface area contributed by atoms with Crippen LogP contribution in [0.1, 0.15) is 64.0 Å². The second kappa shape index (κ2) is 11.9. The number of halogens is 5. The first kappa shape index (κ1) is 27.7. The van der Waals surface area contributed by atoms with Gasteiger partial charge in [0.1, 0.15) is 5.75 Å². The van der Waals surface area contributed by atoms with Crippen LogP contribution < -0.4 is 4.74 Å². The SMILES string of the molecule is C.CCC1CCC(CCc2ccc(-c3ccc(F)c(F)c3Oc3ccc(C(F)(F)F)cc3)cc2)CC1. The number of hydrogen-bond acceptors (Lipinski definition) is 1. The van der Waals surface area contributed by atoms with E-state index in [-0.39, 0.29) is 18.9 Å². The van der Waals surface area contributed by atoms with E-state index in [0.29, 0.717) is 11.1 Å². The van der Waals surface area contributed by atoms with Gasteiger partial charge in [-0.3, -0.25) is 0 Å². The molecule has 6 heteroatoms. The average Bonchev–Trinajstić information content (AvgIpc) is 2.86. The van der Waals surface area contributed by atoms with Gasteiger partial charge in [0.25, 0.3) is 0 Å². The van der Waals surface area contributed by atoms with Crippen LogP contribution in [-0.4, -0.2) is 0 Å². The van der Waals surface area contributed by atoms with Crippen LogP contribution in [0.4, 0.5) is 22.0 Å². The Labute approximate surface area is 210 Å². The predicted molar refractivity (Wildman–Crippen MR) is 134 cm³/mol. The van der Waals surface area contributed by atoms with Crippen molar-refractivity contribution in [3.63, 3.8) is 0 Å². The fraction of sp³-hybridized carbons (Fsp3) is 0.400. The molecule has 36 heavy (non-hydrogen) atoms. The van der Waals surface area contributed by atoms with Crippen molar-refractivity contribution in [3.8, 4) is 22.6 Å². The molecule has 0 amide bonds. The molecule has 0 atom stereocenters. The van der Waals surface area contributed by atoms with Crippen molar-refractivity contribution in [2.45, 2.75) is 65.5 Å². The predicted octanol–water partition coefficient (Wildman–Crippen LogP) is 10.2. The van der Waals surface area contributed by atoms with E-state index in [9.17, 15) is 22.0 Å². The molecule has 0 N–H and O–H groups in total. The van der Waals surface area contributed by atoms with E-state index in [4.69, 9.17) is 4.74 Å². The third-order valence-electron chi connectivity index (χ3n) is 7.10. The summed E-state index contributed by atoms with van der Waals surface area (Å²) in [5.74, 6) is -1.02. The number of ether oxygens (including phenoxy) is 1. The van der Waals surface area contributed by atoms with Gasteiger partial charge in [-0.2, -0.15) is 17.6 Å². The second-order valence-corrected chi connectivity index (χ2v) is 9.39. The van der Waals surface area contributed by atoms with Gasteiger partial charge >= 0.3 is 6.18 Å². The van der Waals surface area contributed by atoms with Gasteiger partial charge < -0.3 is 4.74 Å². The maximum Gasteiger partial charge on any atom is 0.416 e. The van der Waals surface area contributed by atoms with Gasteiger partial charge in [-0.25, -0.2) is 4.39 Å². The Morgan fingerprint density at radius 3 is 2.00 bits per heavy atom. The lowest BCUT2D eigenvalue weighted by Gasteiger charge is -2.27. The third kappa shape index (κ3) is 6.65. The fourth-order valence-electron chi connectivity index (χ4n) is 4.84. The fourth-order valence-corrected chi connectivity index (χ4v) is 4.84. The molecule has 1 nitrogen and oxygen atoms in total. The molecule has 1 saturated carbocycles. The van der Waals surface area contributed by atoms with Crippen LogP contribution in [0.2, 0.25) is 0 Å². The van der Waals surface area contributed by atoms with Gasteiger partial charge in [0, 0.05) is 5.56 Å². The van der Waals surface area contributed by atoms with E-state index >= 15 is 0 Å². The summed E-state index contributed by atoms with van der Waals surface area (Å²) in [7, 11) is 0. The number of benzene rings is 3. The number of alkyl halides is 3. The van der Waals surface area contributed by atoms with E-state index in [1.807, 2.05) is 24.3 Å². The van der Waals surface area contributed by atoms with Gasteiger partial charge in [-0.05, 0) is 72.2 Å². The van der Waals surface area contributed by atoms with Crippen molar-refractivity contribution in [1.29, 1.82) is 0 Å². The lowest BCUT2D eigenvalue weighted by molar-refractivity contribution is -0.137.